The van der Waals surface area contributed by atoms with Gasteiger partial charge in [-0.1, -0.05) is 31.2 Å². The van der Waals surface area contributed by atoms with Gasteiger partial charge in [-0.15, -0.1) is 0 Å². The van der Waals surface area contributed by atoms with Crippen LogP contribution in [0.1, 0.15) is 24.5 Å². The zero-order valence-corrected chi connectivity index (χ0v) is 12.2. The van der Waals surface area contributed by atoms with Gasteiger partial charge in [-0.05, 0) is 36.2 Å². The SMILES string of the molecule is CCc1ccccc1OCCCOc1cccc(C#N)c1. The fourth-order valence-electron chi connectivity index (χ4n) is 2.02. The Morgan fingerprint density at radius 3 is 2.62 bits per heavy atom. The predicted octanol–water partition coefficient (Wildman–Crippen LogP) is 3.97. The molecule has 2 aromatic carbocycles. The van der Waals surface area contributed by atoms with Crippen molar-refractivity contribution in [2.45, 2.75) is 19.8 Å². The van der Waals surface area contributed by atoms with Gasteiger partial charge in [-0.3, -0.25) is 0 Å². The lowest BCUT2D eigenvalue weighted by molar-refractivity contribution is 0.246. The van der Waals surface area contributed by atoms with E-state index in [0.29, 0.717) is 18.8 Å². The van der Waals surface area contributed by atoms with E-state index in [1.54, 1.807) is 12.1 Å². The molecule has 108 valence electrons. The molecule has 2 aromatic rings. The average molecular weight is 281 g/mol. The predicted molar refractivity (Wildman–Crippen MR) is 82.6 cm³/mol. The summed E-state index contributed by atoms with van der Waals surface area (Å²) >= 11 is 0. The molecule has 21 heavy (non-hydrogen) atoms. The second-order valence-corrected chi connectivity index (χ2v) is 4.65. The Morgan fingerprint density at radius 2 is 1.81 bits per heavy atom. The normalized spacial score (nSPS) is 9.90. The maximum Gasteiger partial charge on any atom is 0.122 e. The smallest absolute Gasteiger partial charge is 0.122 e. The van der Waals surface area contributed by atoms with Crippen LogP contribution in [0.25, 0.3) is 0 Å². The first kappa shape index (κ1) is 14.9. The molecule has 0 atom stereocenters. The highest BCUT2D eigenvalue weighted by Crippen LogP contribution is 2.18. The second-order valence-electron chi connectivity index (χ2n) is 4.65. The van der Waals surface area contributed by atoms with E-state index in [2.05, 4.69) is 19.1 Å². The summed E-state index contributed by atoms with van der Waals surface area (Å²) in [7, 11) is 0. The zero-order valence-electron chi connectivity index (χ0n) is 12.2. The minimum absolute atomic E-state index is 0.573. The molecule has 0 aliphatic carbocycles. The number of aryl methyl sites for hydroxylation is 1. The van der Waals surface area contributed by atoms with Crippen molar-refractivity contribution >= 4 is 0 Å². The van der Waals surface area contributed by atoms with Crippen molar-refractivity contribution in [1.29, 1.82) is 5.26 Å². The summed E-state index contributed by atoms with van der Waals surface area (Å²) in [6, 6.07) is 17.4. The van der Waals surface area contributed by atoms with Gasteiger partial charge in [0.2, 0.25) is 0 Å². The van der Waals surface area contributed by atoms with Gasteiger partial charge < -0.3 is 9.47 Å². The van der Waals surface area contributed by atoms with E-state index in [1.807, 2.05) is 30.3 Å². The van der Waals surface area contributed by atoms with E-state index in [9.17, 15) is 0 Å². The van der Waals surface area contributed by atoms with Crippen LogP contribution in [0.3, 0.4) is 0 Å². The number of benzene rings is 2. The van der Waals surface area contributed by atoms with Crippen LogP contribution in [0.15, 0.2) is 48.5 Å². The number of hydrogen-bond acceptors (Lipinski definition) is 3. The Balaban J connectivity index is 1.74. The summed E-state index contributed by atoms with van der Waals surface area (Å²) < 4.78 is 11.4. The molecule has 3 nitrogen and oxygen atoms in total. The topological polar surface area (TPSA) is 42.2 Å². The van der Waals surface area contributed by atoms with Crippen LogP contribution in [-0.4, -0.2) is 13.2 Å². The Labute approximate surface area is 125 Å². The largest absolute Gasteiger partial charge is 0.493 e. The molecule has 0 radical (unpaired) electrons. The average Bonchev–Trinajstić information content (AvgIpc) is 2.55. The highest BCUT2D eigenvalue weighted by atomic mass is 16.5. The Morgan fingerprint density at radius 1 is 1.00 bits per heavy atom. The number of para-hydroxylation sites is 1. The van der Waals surface area contributed by atoms with Crippen molar-refractivity contribution in [2.24, 2.45) is 0 Å². The highest BCUT2D eigenvalue weighted by Gasteiger charge is 2.01. The minimum Gasteiger partial charge on any atom is -0.493 e. The molecule has 3 heteroatoms. The summed E-state index contributed by atoms with van der Waals surface area (Å²) in [4.78, 5) is 0. The van der Waals surface area contributed by atoms with Crippen LogP contribution in [0.4, 0.5) is 0 Å². The molecule has 0 spiro atoms. The molecule has 0 saturated heterocycles. The van der Waals surface area contributed by atoms with E-state index >= 15 is 0 Å². The Hall–Kier alpha value is -2.47. The molecule has 0 fully saturated rings. The summed E-state index contributed by atoms with van der Waals surface area (Å²) in [6.07, 6.45) is 1.77. The summed E-state index contributed by atoms with van der Waals surface area (Å²) in [5.41, 5.74) is 1.83. The maximum atomic E-state index is 8.82. The summed E-state index contributed by atoms with van der Waals surface area (Å²) in [5, 5.41) is 8.82. The van der Waals surface area contributed by atoms with E-state index < -0.39 is 0 Å². The first-order valence-corrected chi connectivity index (χ1v) is 7.17. The number of nitrogens with zero attached hydrogens (tertiary/aromatic N) is 1. The first-order chi connectivity index (χ1) is 10.3. The van der Waals surface area contributed by atoms with Gasteiger partial charge in [0.15, 0.2) is 0 Å². The monoisotopic (exact) mass is 281 g/mol. The van der Waals surface area contributed by atoms with Crippen molar-refractivity contribution in [3.63, 3.8) is 0 Å². The summed E-state index contributed by atoms with van der Waals surface area (Å²) in [6.45, 7) is 3.31. The molecule has 0 saturated carbocycles. The Bertz CT molecular complexity index is 617. The van der Waals surface area contributed by atoms with Gasteiger partial charge in [-0.25, -0.2) is 0 Å². The van der Waals surface area contributed by atoms with Crippen LogP contribution in [-0.2, 0) is 6.42 Å². The number of nitriles is 1. The third-order valence-electron chi connectivity index (χ3n) is 3.13. The van der Waals surface area contributed by atoms with Crippen molar-refractivity contribution in [2.75, 3.05) is 13.2 Å². The lowest BCUT2D eigenvalue weighted by Crippen LogP contribution is -2.06. The fourth-order valence-corrected chi connectivity index (χ4v) is 2.02. The second kappa shape index (κ2) is 7.96. The quantitative estimate of drug-likeness (QED) is 0.721. The van der Waals surface area contributed by atoms with E-state index in [1.165, 1.54) is 5.56 Å². The van der Waals surface area contributed by atoms with Gasteiger partial charge in [0.1, 0.15) is 11.5 Å². The molecular weight excluding hydrogens is 262 g/mol. The van der Waals surface area contributed by atoms with Gasteiger partial charge in [0.25, 0.3) is 0 Å². The van der Waals surface area contributed by atoms with Crippen LogP contribution >= 0.6 is 0 Å². The van der Waals surface area contributed by atoms with Crippen LogP contribution < -0.4 is 9.47 Å². The molecule has 0 heterocycles. The molecule has 0 aromatic heterocycles. The number of hydrogen-bond donors (Lipinski definition) is 0. The molecule has 2 rings (SSSR count). The number of ether oxygens (including phenoxy) is 2. The third-order valence-corrected chi connectivity index (χ3v) is 3.13. The van der Waals surface area contributed by atoms with Crippen molar-refractivity contribution < 1.29 is 9.47 Å². The van der Waals surface area contributed by atoms with Crippen molar-refractivity contribution in [1.82, 2.24) is 0 Å². The lowest BCUT2D eigenvalue weighted by Gasteiger charge is -2.10. The van der Waals surface area contributed by atoms with Crippen molar-refractivity contribution in [3.8, 4) is 17.6 Å². The molecule has 0 N–H and O–H groups in total. The van der Waals surface area contributed by atoms with Gasteiger partial charge in [-0.2, -0.15) is 5.26 Å². The standard InChI is InChI=1S/C18H19NO2/c1-2-16-8-3-4-10-18(16)21-12-6-11-20-17-9-5-7-15(13-17)14-19/h3-5,7-10,13H,2,6,11-12H2,1H3. The van der Waals surface area contributed by atoms with Gasteiger partial charge >= 0.3 is 0 Å². The molecule has 0 amide bonds. The zero-order chi connectivity index (χ0) is 14.9. The number of rotatable bonds is 7. The van der Waals surface area contributed by atoms with Crippen LogP contribution in [0.2, 0.25) is 0 Å². The minimum atomic E-state index is 0.573. The van der Waals surface area contributed by atoms with Crippen LogP contribution in [0.5, 0.6) is 11.5 Å². The van der Waals surface area contributed by atoms with Crippen LogP contribution in [0, 0.1) is 11.3 Å². The van der Waals surface area contributed by atoms with Gasteiger partial charge in [0.05, 0.1) is 24.8 Å². The highest BCUT2D eigenvalue weighted by molar-refractivity contribution is 5.36. The van der Waals surface area contributed by atoms with E-state index in [0.717, 1.165) is 24.3 Å². The molecule has 0 unspecified atom stereocenters. The summed E-state index contributed by atoms with van der Waals surface area (Å²) in [5.74, 6) is 1.68. The maximum absolute atomic E-state index is 8.82. The van der Waals surface area contributed by atoms with E-state index in [-0.39, 0.29) is 0 Å². The third kappa shape index (κ3) is 4.54. The molecule has 0 aliphatic rings. The molecule has 0 bridgehead atoms. The first-order valence-electron chi connectivity index (χ1n) is 7.17. The van der Waals surface area contributed by atoms with Crippen molar-refractivity contribution in [3.05, 3.63) is 59.7 Å². The molecule has 0 aliphatic heterocycles. The Kier molecular flexibility index (Phi) is 5.66. The van der Waals surface area contributed by atoms with E-state index in [4.69, 9.17) is 14.7 Å². The lowest BCUT2D eigenvalue weighted by atomic mass is 10.1. The van der Waals surface area contributed by atoms with Gasteiger partial charge in [0, 0.05) is 6.42 Å². The molecular formula is C18H19NO2. The fraction of sp³-hybridized carbons (Fsp3) is 0.278.